The number of carbonyl (C=O) groups excluding carboxylic acids is 2. The fourth-order valence-electron chi connectivity index (χ4n) is 3.52. The monoisotopic (exact) mass is 395 g/mol. The van der Waals surface area contributed by atoms with E-state index in [9.17, 15) is 9.59 Å². The first-order valence-corrected chi connectivity index (χ1v) is 10.0. The molecule has 6 heteroatoms. The molecular weight excluding hydrogens is 366 g/mol. The molecule has 29 heavy (non-hydrogen) atoms. The van der Waals surface area contributed by atoms with Crippen LogP contribution in [-0.4, -0.2) is 49.5 Å². The number of piperazine rings is 1. The van der Waals surface area contributed by atoms with E-state index < -0.39 is 6.04 Å². The number of aryl methyl sites for hydroxylation is 1. The van der Waals surface area contributed by atoms with Crippen LogP contribution in [0.2, 0.25) is 0 Å². The first-order valence-electron chi connectivity index (χ1n) is 10.0. The maximum absolute atomic E-state index is 12.5. The zero-order chi connectivity index (χ0) is 20.6. The molecule has 6 nitrogen and oxygen atoms in total. The van der Waals surface area contributed by atoms with E-state index in [2.05, 4.69) is 46.7 Å². The van der Waals surface area contributed by atoms with Gasteiger partial charge in [0.15, 0.2) is 0 Å². The number of hydrogen-bond acceptors (Lipinski definition) is 4. The molecule has 1 fully saturated rings. The summed E-state index contributed by atoms with van der Waals surface area (Å²) in [6.45, 7) is 4.59. The lowest BCUT2D eigenvalue weighted by molar-refractivity contribution is -0.134. The van der Waals surface area contributed by atoms with Crippen molar-refractivity contribution >= 4 is 11.8 Å². The number of methoxy groups -OCH3 is 1. The second-order valence-electron chi connectivity index (χ2n) is 7.42. The zero-order valence-electron chi connectivity index (χ0n) is 17.1. The average molecular weight is 396 g/mol. The number of ether oxygens (including phenoxy) is 1. The molecule has 0 spiro atoms. The van der Waals surface area contributed by atoms with Crippen LogP contribution in [0, 0.1) is 6.92 Å². The van der Waals surface area contributed by atoms with Crippen LogP contribution >= 0.6 is 0 Å². The summed E-state index contributed by atoms with van der Waals surface area (Å²) >= 11 is 0. The number of nitrogens with one attached hydrogen (secondary N) is 2. The lowest BCUT2D eigenvalue weighted by Gasteiger charge is -2.34. The fourth-order valence-corrected chi connectivity index (χ4v) is 3.52. The van der Waals surface area contributed by atoms with E-state index in [0.29, 0.717) is 26.1 Å². The van der Waals surface area contributed by atoms with Crippen LogP contribution in [-0.2, 0) is 22.6 Å². The first kappa shape index (κ1) is 20.9. The second-order valence-corrected chi connectivity index (χ2v) is 7.42. The highest BCUT2D eigenvalue weighted by Crippen LogP contribution is 2.15. The summed E-state index contributed by atoms with van der Waals surface area (Å²) in [5, 5.41) is 5.82. The van der Waals surface area contributed by atoms with Crippen molar-refractivity contribution in [2.75, 3.05) is 26.7 Å². The molecule has 0 saturated carbocycles. The van der Waals surface area contributed by atoms with E-state index in [4.69, 9.17) is 4.74 Å². The maximum Gasteiger partial charge on any atom is 0.237 e. The predicted molar refractivity (Wildman–Crippen MR) is 113 cm³/mol. The number of carbonyl (C=O) groups is 2. The predicted octanol–water partition coefficient (Wildman–Crippen LogP) is 2.05. The number of amides is 2. The Morgan fingerprint density at radius 2 is 2.00 bits per heavy atom. The second kappa shape index (κ2) is 10.1. The summed E-state index contributed by atoms with van der Waals surface area (Å²) < 4.78 is 5.22. The summed E-state index contributed by atoms with van der Waals surface area (Å²) in [5.41, 5.74) is 3.45. The van der Waals surface area contributed by atoms with Gasteiger partial charge >= 0.3 is 0 Å². The van der Waals surface area contributed by atoms with Gasteiger partial charge in [0.2, 0.25) is 11.8 Å². The largest absolute Gasteiger partial charge is 0.497 e. The molecule has 2 aromatic carbocycles. The molecule has 2 amide bonds. The molecule has 2 N–H and O–H groups in total. The van der Waals surface area contributed by atoms with Crippen molar-refractivity contribution in [2.24, 2.45) is 0 Å². The van der Waals surface area contributed by atoms with Crippen molar-refractivity contribution in [3.05, 3.63) is 65.2 Å². The van der Waals surface area contributed by atoms with Crippen molar-refractivity contribution in [3.8, 4) is 5.75 Å². The molecule has 0 radical (unpaired) electrons. The number of rotatable bonds is 8. The molecule has 0 aliphatic carbocycles. The number of benzene rings is 2. The molecule has 1 aliphatic heterocycles. The molecule has 1 heterocycles. The van der Waals surface area contributed by atoms with Crippen LogP contribution in [0.25, 0.3) is 0 Å². The van der Waals surface area contributed by atoms with Gasteiger partial charge in [-0.25, -0.2) is 0 Å². The van der Waals surface area contributed by atoms with Crippen molar-refractivity contribution in [3.63, 3.8) is 0 Å². The van der Waals surface area contributed by atoms with Gasteiger partial charge in [0.05, 0.1) is 19.6 Å². The minimum atomic E-state index is -0.443. The van der Waals surface area contributed by atoms with Crippen LogP contribution in [0.4, 0.5) is 0 Å². The molecule has 0 unspecified atom stereocenters. The van der Waals surface area contributed by atoms with Crippen molar-refractivity contribution < 1.29 is 14.3 Å². The van der Waals surface area contributed by atoms with Gasteiger partial charge in [-0.3, -0.25) is 14.5 Å². The minimum absolute atomic E-state index is 0.0775. The first-order chi connectivity index (χ1) is 14.0. The summed E-state index contributed by atoms with van der Waals surface area (Å²) in [4.78, 5) is 27.0. The Morgan fingerprint density at radius 3 is 2.76 bits per heavy atom. The quantitative estimate of drug-likeness (QED) is 0.718. The molecule has 0 bridgehead atoms. The molecule has 154 valence electrons. The Hall–Kier alpha value is -2.86. The average Bonchev–Trinajstić information content (AvgIpc) is 2.72. The summed E-state index contributed by atoms with van der Waals surface area (Å²) in [6, 6.07) is 15.6. The third kappa shape index (κ3) is 6.06. The molecule has 0 aromatic heterocycles. The van der Waals surface area contributed by atoms with E-state index in [0.717, 1.165) is 23.4 Å². The third-order valence-electron chi connectivity index (χ3n) is 5.20. The van der Waals surface area contributed by atoms with Gasteiger partial charge in [-0.2, -0.15) is 0 Å². The Morgan fingerprint density at radius 1 is 1.21 bits per heavy atom. The van der Waals surface area contributed by atoms with Gasteiger partial charge < -0.3 is 15.4 Å². The number of nitrogens with zero attached hydrogens (tertiary/aromatic N) is 1. The minimum Gasteiger partial charge on any atom is -0.497 e. The van der Waals surface area contributed by atoms with E-state index in [1.807, 2.05) is 24.3 Å². The highest BCUT2D eigenvalue weighted by Gasteiger charge is 2.31. The van der Waals surface area contributed by atoms with Crippen LogP contribution in [0.5, 0.6) is 5.75 Å². The van der Waals surface area contributed by atoms with E-state index in [1.165, 1.54) is 5.56 Å². The molecule has 3 rings (SSSR count). The Balaban J connectivity index is 1.53. The van der Waals surface area contributed by atoms with Crippen molar-refractivity contribution in [1.82, 2.24) is 15.5 Å². The molecule has 1 saturated heterocycles. The summed E-state index contributed by atoms with van der Waals surface area (Å²) in [6.07, 6.45) is 0.878. The Bertz CT molecular complexity index is 836. The maximum atomic E-state index is 12.5. The van der Waals surface area contributed by atoms with Crippen molar-refractivity contribution in [2.45, 2.75) is 32.4 Å². The Kier molecular flexibility index (Phi) is 7.25. The summed E-state index contributed by atoms with van der Waals surface area (Å²) in [5.74, 6) is 0.620. The lowest BCUT2D eigenvalue weighted by atomic mass is 10.1. The molecule has 2 aromatic rings. The highest BCUT2D eigenvalue weighted by atomic mass is 16.5. The zero-order valence-corrected chi connectivity index (χ0v) is 17.1. The highest BCUT2D eigenvalue weighted by molar-refractivity contribution is 5.88. The normalized spacial score (nSPS) is 16.9. The molecule has 1 aliphatic rings. The van der Waals surface area contributed by atoms with Gasteiger partial charge in [-0.15, -0.1) is 0 Å². The van der Waals surface area contributed by atoms with Crippen LogP contribution in [0.15, 0.2) is 48.5 Å². The van der Waals surface area contributed by atoms with Crippen LogP contribution in [0.1, 0.15) is 23.1 Å². The topological polar surface area (TPSA) is 70.7 Å². The van der Waals surface area contributed by atoms with Crippen LogP contribution < -0.4 is 15.4 Å². The van der Waals surface area contributed by atoms with E-state index >= 15 is 0 Å². The standard InChI is InChI=1S/C23H29N3O3/c1-17-6-8-19(9-7-17)16-26-13-12-25-23(28)21(26)15-22(27)24-11-10-18-4-3-5-20(14-18)29-2/h3-9,14,21H,10-13,15-16H2,1-2H3,(H,24,27)(H,25,28)/t21-/m1/s1. The lowest BCUT2D eigenvalue weighted by Crippen LogP contribution is -2.56. The van der Waals surface area contributed by atoms with E-state index in [1.54, 1.807) is 7.11 Å². The van der Waals surface area contributed by atoms with Gasteiger partial charge in [-0.05, 0) is 36.6 Å². The third-order valence-corrected chi connectivity index (χ3v) is 5.20. The summed E-state index contributed by atoms with van der Waals surface area (Å²) in [7, 11) is 1.64. The smallest absolute Gasteiger partial charge is 0.237 e. The fraction of sp³-hybridized carbons (Fsp3) is 0.391. The SMILES string of the molecule is COc1cccc(CCNC(=O)C[C@@H]2C(=O)NCCN2Cc2ccc(C)cc2)c1. The molecule has 1 atom stereocenters. The van der Waals surface area contributed by atoms with Gasteiger partial charge in [0.25, 0.3) is 0 Å². The van der Waals surface area contributed by atoms with E-state index in [-0.39, 0.29) is 18.2 Å². The number of hydrogen-bond donors (Lipinski definition) is 2. The van der Waals surface area contributed by atoms with Gasteiger partial charge in [0, 0.05) is 26.2 Å². The van der Waals surface area contributed by atoms with Crippen LogP contribution in [0.3, 0.4) is 0 Å². The Labute approximate surface area is 172 Å². The van der Waals surface area contributed by atoms with Crippen molar-refractivity contribution in [1.29, 1.82) is 0 Å². The van der Waals surface area contributed by atoms with Gasteiger partial charge in [0.1, 0.15) is 5.75 Å². The molecular formula is C23H29N3O3. The van der Waals surface area contributed by atoms with Gasteiger partial charge in [-0.1, -0.05) is 42.0 Å².